The summed E-state index contributed by atoms with van der Waals surface area (Å²) in [7, 11) is 0. The number of aromatic nitrogens is 3. The molecule has 2 rings (SSSR count). The lowest BCUT2D eigenvalue weighted by atomic mass is 10.4. The van der Waals surface area contributed by atoms with Crippen LogP contribution in [-0.4, -0.2) is 14.8 Å². The van der Waals surface area contributed by atoms with Gasteiger partial charge in [0, 0.05) is 18.3 Å². The van der Waals surface area contributed by atoms with E-state index in [-0.39, 0.29) is 0 Å². The summed E-state index contributed by atoms with van der Waals surface area (Å²) >= 11 is 5.76. The maximum Gasteiger partial charge on any atom is 0.222 e. The van der Waals surface area contributed by atoms with Crippen molar-refractivity contribution in [2.75, 3.05) is 5.73 Å². The lowest BCUT2D eigenvalue weighted by molar-refractivity contribution is 0.462. The molecule has 84 valence electrons. The molecule has 0 aliphatic rings. The van der Waals surface area contributed by atoms with Crippen molar-refractivity contribution < 1.29 is 4.74 Å². The van der Waals surface area contributed by atoms with Crippen LogP contribution in [0.1, 0.15) is 6.92 Å². The highest BCUT2D eigenvalue weighted by Crippen LogP contribution is 2.23. The molecule has 0 aliphatic heterocycles. The van der Waals surface area contributed by atoms with E-state index in [1.54, 1.807) is 29.2 Å². The summed E-state index contributed by atoms with van der Waals surface area (Å²) < 4.78 is 7.22. The van der Waals surface area contributed by atoms with E-state index in [2.05, 4.69) is 10.1 Å². The molecule has 0 saturated heterocycles. The highest BCUT2D eigenvalue weighted by molar-refractivity contribution is 6.29. The van der Waals surface area contributed by atoms with Gasteiger partial charge in [0.25, 0.3) is 0 Å². The maximum atomic E-state index is 5.76. The van der Waals surface area contributed by atoms with Crippen LogP contribution in [0.15, 0.2) is 24.5 Å². The molecule has 6 heteroatoms. The molecule has 0 fully saturated rings. The minimum Gasteiger partial charge on any atom is -0.436 e. The van der Waals surface area contributed by atoms with Gasteiger partial charge in [0.05, 0.1) is 12.4 Å². The number of nitrogen functional groups attached to an aromatic ring is 1. The minimum atomic E-state index is 0.304. The van der Waals surface area contributed by atoms with E-state index in [0.717, 1.165) is 6.54 Å². The number of aryl methyl sites for hydroxylation is 1. The fourth-order valence-corrected chi connectivity index (χ4v) is 1.44. The second kappa shape index (κ2) is 4.40. The highest BCUT2D eigenvalue weighted by atomic mass is 35.5. The molecule has 2 heterocycles. The molecule has 0 atom stereocenters. The van der Waals surface area contributed by atoms with Crippen molar-refractivity contribution in [3.05, 3.63) is 29.7 Å². The van der Waals surface area contributed by atoms with E-state index in [4.69, 9.17) is 22.1 Å². The fraction of sp³-hybridized carbons (Fsp3) is 0.200. The molecule has 0 bridgehead atoms. The van der Waals surface area contributed by atoms with E-state index in [1.807, 2.05) is 6.92 Å². The van der Waals surface area contributed by atoms with Gasteiger partial charge in [-0.2, -0.15) is 5.10 Å². The summed E-state index contributed by atoms with van der Waals surface area (Å²) in [4.78, 5) is 3.99. The Kier molecular flexibility index (Phi) is 2.96. The van der Waals surface area contributed by atoms with Gasteiger partial charge in [0.2, 0.25) is 5.88 Å². The lowest BCUT2D eigenvalue weighted by Crippen LogP contribution is -1.93. The zero-order valence-electron chi connectivity index (χ0n) is 8.72. The highest BCUT2D eigenvalue weighted by Gasteiger charge is 2.04. The Hall–Kier alpha value is -1.75. The van der Waals surface area contributed by atoms with Gasteiger partial charge in [-0.25, -0.2) is 4.98 Å². The quantitative estimate of drug-likeness (QED) is 0.834. The Labute approximate surface area is 97.8 Å². The first-order chi connectivity index (χ1) is 7.67. The van der Waals surface area contributed by atoms with Crippen molar-refractivity contribution in [3.8, 4) is 11.6 Å². The summed E-state index contributed by atoms with van der Waals surface area (Å²) in [6.07, 6.45) is 3.39. The third kappa shape index (κ3) is 2.43. The van der Waals surface area contributed by atoms with Gasteiger partial charge in [0.1, 0.15) is 5.15 Å². The SMILES string of the molecule is CCn1cc(Oc2cc(N)cc(Cl)n2)cn1. The molecule has 0 spiro atoms. The summed E-state index contributed by atoms with van der Waals surface area (Å²) in [6.45, 7) is 2.78. The van der Waals surface area contributed by atoms with Crippen LogP contribution in [-0.2, 0) is 6.54 Å². The molecular formula is C10H11ClN4O. The Bertz CT molecular complexity index is 477. The van der Waals surface area contributed by atoms with Crippen molar-refractivity contribution in [3.63, 3.8) is 0 Å². The molecule has 2 aromatic rings. The summed E-state index contributed by atoms with van der Waals surface area (Å²) in [5.74, 6) is 0.969. The second-order valence-corrected chi connectivity index (χ2v) is 3.58. The van der Waals surface area contributed by atoms with Gasteiger partial charge in [-0.3, -0.25) is 4.68 Å². The molecule has 16 heavy (non-hydrogen) atoms. The zero-order chi connectivity index (χ0) is 11.5. The topological polar surface area (TPSA) is 66.0 Å². The molecule has 0 aromatic carbocycles. The first-order valence-electron chi connectivity index (χ1n) is 4.80. The van der Waals surface area contributed by atoms with E-state index >= 15 is 0 Å². The minimum absolute atomic E-state index is 0.304. The van der Waals surface area contributed by atoms with Crippen molar-refractivity contribution >= 4 is 17.3 Å². The molecular weight excluding hydrogens is 228 g/mol. The van der Waals surface area contributed by atoms with Crippen molar-refractivity contribution in [1.82, 2.24) is 14.8 Å². The van der Waals surface area contributed by atoms with Crippen LogP contribution in [0.2, 0.25) is 5.15 Å². The Morgan fingerprint density at radius 1 is 1.50 bits per heavy atom. The number of hydrogen-bond acceptors (Lipinski definition) is 4. The van der Waals surface area contributed by atoms with Crippen LogP contribution < -0.4 is 10.5 Å². The average molecular weight is 239 g/mol. The van der Waals surface area contributed by atoms with Crippen LogP contribution in [0.4, 0.5) is 5.69 Å². The summed E-state index contributed by atoms with van der Waals surface area (Å²) in [5.41, 5.74) is 6.13. The molecule has 2 N–H and O–H groups in total. The normalized spacial score (nSPS) is 10.4. The standard InChI is InChI=1S/C10H11ClN4O/c1-2-15-6-8(5-13-15)16-10-4-7(12)3-9(11)14-10/h3-6H,2H2,1H3,(H2,12,14). The van der Waals surface area contributed by atoms with Crippen LogP contribution >= 0.6 is 11.6 Å². The summed E-state index contributed by atoms with van der Waals surface area (Å²) in [6, 6.07) is 3.17. The molecule has 5 nitrogen and oxygen atoms in total. The smallest absolute Gasteiger partial charge is 0.222 e. The zero-order valence-corrected chi connectivity index (χ0v) is 9.48. The van der Waals surface area contributed by atoms with Gasteiger partial charge in [-0.05, 0) is 13.0 Å². The van der Waals surface area contributed by atoms with Crippen LogP contribution in [0.25, 0.3) is 0 Å². The third-order valence-electron chi connectivity index (χ3n) is 1.95. The number of anilines is 1. The second-order valence-electron chi connectivity index (χ2n) is 3.20. The number of halogens is 1. The van der Waals surface area contributed by atoms with Gasteiger partial charge >= 0.3 is 0 Å². The van der Waals surface area contributed by atoms with Crippen molar-refractivity contribution in [2.45, 2.75) is 13.5 Å². The Morgan fingerprint density at radius 2 is 2.31 bits per heavy atom. The molecule has 0 saturated carbocycles. The van der Waals surface area contributed by atoms with E-state index in [9.17, 15) is 0 Å². The molecule has 0 amide bonds. The average Bonchev–Trinajstić information content (AvgIpc) is 2.64. The van der Waals surface area contributed by atoms with Gasteiger partial charge in [-0.1, -0.05) is 11.6 Å². The number of pyridine rings is 1. The lowest BCUT2D eigenvalue weighted by Gasteiger charge is -2.02. The Balaban J connectivity index is 2.19. The first kappa shape index (κ1) is 10.8. The van der Waals surface area contributed by atoms with E-state index in [0.29, 0.717) is 22.5 Å². The number of ether oxygens (including phenoxy) is 1. The van der Waals surface area contributed by atoms with Crippen LogP contribution in [0.5, 0.6) is 11.6 Å². The molecule has 2 aromatic heterocycles. The Morgan fingerprint density at radius 3 is 2.94 bits per heavy atom. The van der Waals surface area contributed by atoms with E-state index in [1.165, 1.54) is 0 Å². The molecule has 0 aliphatic carbocycles. The van der Waals surface area contributed by atoms with Crippen molar-refractivity contribution in [2.24, 2.45) is 0 Å². The van der Waals surface area contributed by atoms with E-state index < -0.39 is 0 Å². The van der Waals surface area contributed by atoms with Gasteiger partial charge in [-0.15, -0.1) is 0 Å². The number of nitrogens with zero attached hydrogens (tertiary/aromatic N) is 3. The summed E-state index contributed by atoms with van der Waals surface area (Å²) in [5, 5.41) is 4.38. The first-order valence-corrected chi connectivity index (χ1v) is 5.18. The molecule has 0 radical (unpaired) electrons. The third-order valence-corrected chi connectivity index (χ3v) is 2.14. The number of hydrogen-bond donors (Lipinski definition) is 1. The predicted molar refractivity (Wildman–Crippen MR) is 61.6 cm³/mol. The monoisotopic (exact) mass is 238 g/mol. The van der Waals surface area contributed by atoms with Crippen LogP contribution in [0.3, 0.4) is 0 Å². The maximum absolute atomic E-state index is 5.76. The fourth-order valence-electron chi connectivity index (χ4n) is 1.23. The largest absolute Gasteiger partial charge is 0.436 e. The van der Waals surface area contributed by atoms with Gasteiger partial charge in [0.15, 0.2) is 5.75 Å². The predicted octanol–water partition coefficient (Wildman–Crippen LogP) is 2.33. The molecule has 0 unspecified atom stereocenters. The number of rotatable bonds is 3. The van der Waals surface area contributed by atoms with Crippen molar-refractivity contribution in [1.29, 1.82) is 0 Å². The van der Waals surface area contributed by atoms with Gasteiger partial charge < -0.3 is 10.5 Å². The van der Waals surface area contributed by atoms with Crippen LogP contribution in [0, 0.1) is 0 Å². The number of nitrogens with two attached hydrogens (primary N) is 1.